The summed E-state index contributed by atoms with van der Waals surface area (Å²) in [5, 5.41) is 0.146. The van der Waals surface area contributed by atoms with Gasteiger partial charge in [0.1, 0.15) is 23.9 Å². The molecule has 0 aliphatic heterocycles. The molecule has 0 bridgehead atoms. The highest BCUT2D eigenvalue weighted by Crippen LogP contribution is 2.45. The standard InChI is InChI=1S/C28H21ClF7NO3/c1-2-39-26(38)24-12-17(28(34,35)36)11-23(37-24)20-5-3-4-19(20)21-10-16(27(31,32)33)7-9-25(21)40-14-15-6-8-18(29)13-22(15)30/h6-13H,2-5,14H2,1H3. The number of allylic oxidation sites excluding steroid dienone is 2. The zero-order valence-electron chi connectivity index (χ0n) is 20.9. The highest BCUT2D eigenvalue weighted by molar-refractivity contribution is 6.30. The summed E-state index contributed by atoms with van der Waals surface area (Å²) in [5.74, 6) is -1.78. The molecule has 0 spiro atoms. The average molecular weight is 588 g/mol. The maximum atomic E-state index is 14.3. The second-order valence-electron chi connectivity index (χ2n) is 8.89. The quantitative estimate of drug-likeness (QED) is 0.205. The summed E-state index contributed by atoms with van der Waals surface area (Å²) in [6, 6.07) is 7.89. The molecule has 2 aromatic carbocycles. The van der Waals surface area contributed by atoms with E-state index in [1.54, 1.807) is 0 Å². The van der Waals surface area contributed by atoms with Crippen molar-refractivity contribution in [3.8, 4) is 5.75 Å². The molecule has 1 aliphatic carbocycles. The van der Waals surface area contributed by atoms with E-state index in [1.165, 1.54) is 19.1 Å². The van der Waals surface area contributed by atoms with Crippen molar-refractivity contribution in [1.29, 1.82) is 0 Å². The highest BCUT2D eigenvalue weighted by Gasteiger charge is 2.35. The van der Waals surface area contributed by atoms with E-state index in [2.05, 4.69) is 4.98 Å². The fourth-order valence-corrected chi connectivity index (χ4v) is 4.50. The zero-order chi connectivity index (χ0) is 29.2. The van der Waals surface area contributed by atoms with Crippen molar-refractivity contribution in [3.63, 3.8) is 0 Å². The minimum Gasteiger partial charge on any atom is -0.488 e. The SMILES string of the molecule is CCOC(=O)c1cc(C(F)(F)F)cc(C2=C(c3cc(C(F)(F)F)ccc3OCc3ccc(Cl)cc3F)CCC2)n1. The second-order valence-corrected chi connectivity index (χ2v) is 9.32. The predicted molar refractivity (Wildman–Crippen MR) is 133 cm³/mol. The summed E-state index contributed by atoms with van der Waals surface area (Å²) in [5.41, 5.74) is -2.36. The molecule has 212 valence electrons. The molecule has 12 heteroatoms. The Hall–Kier alpha value is -3.60. The Bertz CT molecular complexity index is 1470. The van der Waals surface area contributed by atoms with E-state index in [4.69, 9.17) is 21.1 Å². The number of carbonyl (C=O) groups is 1. The first kappa shape index (κ1) is 29.4. The number of ether oxygens (including phenoxy) is 2. The maximum Gasteiger partial charge on any atom is 0.416 e. The van der Waals surface area contributed by atoms with Crippen molar-refractivity contribution in [2.45, 2.75) is 45.1 Å². The minimum atomic E-state index is -4.83. The molecule has 3 aromatic rings. The molecule has 0 radical (unpaired) electrons. The van der Waals surface area contributed by atoms with Crippen molar-refractivity contribution >= 4 is 28.7 Å². The first-order valence-electron chi connectivity index (χ1n) is 12.0. The lowest BCUT2D eigenvalue weighted by Crippen LogP contribution is -2.13. The Morgan fingerprint density at radius 1 is 0.925 bits per heavy atom. The van der Waals surface area contributed by atoms with Gasteiger partial charge in [-0.15, -0.1) is 0 Å². The molecule has 0 unspecified atom stereocenters. The summed E-state index contributed by atoms with van der Waals surface area (Å²) in [4.78, 5) is 16.3. The van der Waals surface area contributed by atoms with Crippen molar-refractivity contribution in [2.75, 3.05) is 6.61 Å². The maximum absolute atomic E-state index is 14.3. The largest absolute Gasteiger partial charge is 0.488 e. The fourth-order valence-electron chi connectivity index (χ4n) is 4.34. The molecule has 40 heavy (non-hydrogen) atoms. The normalized spacial score (nSPS) is 14.0. The molecule has 0 amide bonds. The molecular formula is C28H21ClF7NO3. The van der Waals surface area contributed by atoms with E-state index < -0.39 is 41.0 Å². The van der Waals surface area contributed by atoms with Crippen LogP contribution in [0.25, 0.3) is 11.1 Å². The Morgan fingerprint density at radius 3 is 2.27 bits per heavy atom. The van der Waals surface area contributed by atoms with E-state index in [9.17, 15) is 35.5 Å². The van der Waals surface area contributed by atoms with Crippen LogP contribution in [0.15, 0.2) is 48.5 Å². The van der Waals surface area contributed by atoms with E-state index in [-0.39, 0.29) is 64.8 Å². The van der Waals surface area contributed by atoms with Crippen molar-refractivity contribution < 1.29 is 45.0 Å². The topological polar surface area (TPSA) is 48.4 Å². The first-order chi connectivity index (χ1) is 18.8. The van der Waals surface area contributed by atoms with Gasteiger partial charge in [0.2, 0.25) is 0 Å². The fraction of sp³-hybridized carbons (Fsp3) is 0.286. The Labute approximate surface area is 229 Å². The third kappa shape index (κ3) is 6.57. The number of pyridine rings is 1. The van der Waals surface area contributed by atoms with Gasteiger partial charge in [0.05, 0.1) is 23.4 Å². The lowest BCUT2D eigenvalue weighted by molar-refractivity contribution is -0.138. The molecule has 0 N–H and O–H groups in total. The summed E-state index contributed by atoms with van der Waals surface area (Å²) in [7, 11) is 0. The third-order valence-electron chi connectivity index (χ3n) is 6.19. The minimum absolute atomic E-state index is 0.0198. The van der Waals surface area contributed by atoms with Crippen LogP contribution < -0.4 is 4.74 Å². The number of nitrogens with zero attached hydrogens (tertiary/aromatic N) is 1. The Morgan fingerprint density at radius 2 is 1.62 bits per heavy atom. The highest BCUT2D eigenvalue weighted by atomic mass is 35.5. The first-order valence-corrected chi connectivity index (χ1v) is 12.4. The Balaban J connectivity index is 1.85. The zero-order valence-corrected chi connectivity index (χ0v) is 21.6. The molecule has 1 heterocycles. The van der Waals surface area contributed by atoms with Crippen molar-refractivity contribution in [2.24, 2.45) is 0 Å². The van der Waals surface area contributed by atoms with E-state index in [1.807, 2.05) is 0 Å². The van der Waals surface area contributed by atoms with Gasteiger partial charge in [-0.3, -0.25) is 0 Å². The summed E-state index contributed by atoms with van der Waals surface area (Å²) in [6.45, 7) is 1.03. The number of esters is 1. The number of alkyl halides is 6. The summed E-state index contributed by atoms with van der Waals surface area (Å²) in [6.07, 6.45) is -8.76. The number of halogens is 8. The van der Waals surface area contributed by atoms with Gasteiger partial charge in [-0.05, 0) is 79.8 Å². The van der Waals surface area contributed by atoms with Gasteiger partial charge >= 0.3 is 18.3 Å². The van der Waals surface area contributed by atoms with Crippen LogP contribution in [0.5, 0.6) is 5.75 Å². The smallest absolute Gasteiger partial charge is 0.416 e. The van der Waals surface area contributed by atoms with Crippen LogP contribution in [0.1, 0.15) is 64.6 Å². The van der Waals surface area contributed by atoms with E-state index >= 15 is 0 Å². The van der Waals surface area contributed by atoms with Crippen LogP contribution in [0.3, 0.4) is 0 Å². The van der Waals surface area contributed by atoms with Crippen molar-refractivity contribution in [1.82, 2.24) is 4.98 Å². The third-order valence-corrected chi connectivity index (χ3v) is 6.43. The van der Waals surface area contributed by atoms with Gasteiger partial charge in [-0.1, -0.05) is 17.7 Å². The van der Waals surface area contributed by atoms with Crippen LogP contribution >= 0.6 is 11.6 Å². The lowest BCUT2D eigenvalue weighted by atomic mass is 9.96. The average Bonchev–Trinajstić information content (AvgIpc) is 3.37. The summed E-state index contributed by atoms with van der Waals surface area (Å²) >= 11 is 5.77. The van der Waals surface area contributed by atoms with Gasteiger partial charge in [0.15, 0.2) is 0 Å². The molecule has 0 saturated carbocycles. The Kier molecular flexibility index (Phi) is 8.44. The van der Waals surface area contributed by atoms with Crippen LogP contribution in [-0.4, -0.2) is 17.6 Å². The molecule has 1 aromatic heterocycles. The molecule has 0 fully saturated rings. The van der Waals surface area contributed by atoms with Crippen molar-refractivity contribution in [3.05, 3.63) is 93.0 Å². The van der Waals surface area contributed by atoms with Crippen LogP contribution in [0, 0.1) is 5.82 Å². The number of carbonyl (C=O) groups excluding carboxylic acids is 1. The van der Waals surface area contributed by atoms with Crippen LogP contribution in [0.2, 0.25) is 5.02 Å². The number of aromatic nitrogens is 1. The lowest BCUT2D eigenvalue weighted by Gasteiger charge is -2.18. The number of rotatable bonds is 7. The monoisotopic (exact) mass is 587 g/mol. The molecule has 0 atom stereocenters. The molecule has 1 aliphatic rings. The molecule has 4 rings (SSSR count). The van der Waals surface area contributed by atoms with Gasteiger partial charge in [0, 0.05) is 16.1 Å². The van der Waals surface area contributed by atoms with Gasteiger partial charge in [-0.2, -0.15) is 26.3 Å². The van der Waals surface area contributed by atoms with E-state index in [0.29, 0.717) is 12.5 Å². The van der Waals surface area contributed by atoms with E-state index in [0.717, 1.165) is 30.3 Å². The van der Waals surface area contributed by atoms with Gasteiger partial charge < -0.3 is 9.47 Å². The van der Waals surface area contributed by atoms with Gasteiger partial charge in [-0.25, -0.2) is 14.2 Å². The van der Waals surface area contributed by atoms with Gasteiger partial charge in [0.25, 0.3) is 0 Å². The van der Waals surface area contributed by atoms with Crippen LogP contribution in [-0.2, 0) is 23.7 Å². The number of benzene rings is 2. The second kappa shape index (κ2) is 11.5. The number of hydrogen-bond acceptors (Lipinski definition) is 4. The number of hydrogen-bond donors (Lipinski definition) is 0. The molecule has 0 saturated heterocycles. The van der Waals surface area contributed by atoms with Crippen LogP contribution in [0.4, 0.5) is 30.7 Å². The molecule has 4 nitrogen and oxygen atoms in total. The molecular weight excluding hydrogens is 567 g/mol. The predicted octanol–water partition coefficient (Wildman–Crippen LogP) is 8.76. The summed E-state index contributed by atoms with van der Waals surface area (Å²) < 4.78 is 107.